The Balaban J connectivity index is 1.42. The number of fused-ring (bicyclic) bond motifs is 1. The van der Waals surface area contributed by atoms with E-state index in [0.29, 0.717) is 22.9 Å². The van der Waals surface area contributed by atoms with Crippen molar-refractivity contribution in [2.45, 2.75) is 65.0 Å². The van der Waals surface area contributed by atoms with Gasteiger partial charge in [0.15, 0.2) is 0 Å². The molecular formula is C34H38ClN3O3. The third kappa shape index (κ3) is 5.89. The summed E-state index contributed by atoms with van der Waals surface area (Å²) in [5.74, 6) is 0.314. The summed E-state index contributed by atoms with van der Waals surface area (Å²) in [7, 11) is 0. The van der Waals surface area contributed by atoms with Gasteiger partial charge < -0.3 is 14.7 Å². The normalized spacial score (nSPS) is 19.2. The molecule has 2 aliphatic rings. The van der Waals surface area contributed by atoms with E-state index in [1.807, 2.05) is 89.2 Å². The van der Waals surface area contributed by atoms with Crippen molar-refractivity contribution in [2.24, 2.45) is 5.92 Å². The molecule has 3 aromatic carbocycles. The van der Waals surface area contributed by atoms with Gasteiger partial charge in [-0.15, -0.1) is 0 Å². The Kier molecular flexibility index (Phi) is 8.50. The Morgan fingerprint density at radius 3 is 2.15 bits per heavy atom. The van der Waals surface area contributed by atoms with Gasteiger partial charge in [0.25, 0.3) is 5.91 Å². The predicted molar refractivity (Wildman–Crippen MR) is 165 cm³/mol. The fourth-order valence-corrected chi connectivity index (χ4v) is 6.37. The fourth-order valence-electron chi connectivity index (χ4n) is 6.24. The van der Waals surface area contributed by atoms with Gasteiger partial charge in [-0.05, 0) is 85.7 Å². The van der Waals surface area contributed by atoms with Crippen LogP contribution in [-0.2, 0) is 9.59 Å². The van der Waals surface area contributed by atoms with Crippen LogP contribution in [0.25, 0.3) is 0 Å². The number of halogens is 1. The van der Waals surface area contributed by atoms with E-state index in [4.69, 9.17) is 11.6 Å². The van der Waals surface area contributed by atoms with Gasteiger partial charge in [0.1, 0.15) is 0 Å². The number of amides is 3. The molecule has 0 N–H and O–H groups in total. The van der Waals surface area contributed by atoms with Crippen LogP contribution < -0.4 is 9.80 Å². The van der Waals surface area contributed by atoms with Crippen LogP contribution in [0.4, 0.5) is 11.4 Å². The zero-order valence-electron chi connectivity index (χ0n) is 24.2. The summed E-state index contributed by atoms with van der Waals surface area (Å²) in [6, 6.07) is 22.9. The molecule has 7 heteroatoms. The lowest BCUT2D eigenvalue weighted by Crippen LogP contribution is -2.48. The predicted octanol–water partition coefficient (Wildman–Crippen LogP) is 7.24. The average molecular weight is 572 g/mol. The molecule has 6 nitrogen and oxygen atoms in total. The largest absolute Gasteiger partial charge is 0.343 e. The zero-order chi connectivity index (χ0) is 29.3. The van der Waals surface area contributed by atoms with E-state index in [1.165, 1.54) is 5.56 Å². The van der Waals surface area contributed by atoms with Crippen molar-refractivity contribution >= 4 is 40.7 Å². The Bertz CT molecular complexity index is 1410. The molecule has 2 aliphatic heterocycles. The Labute approximate surface area is 247 Å². The lowest BCUT2D eigenvalue weighted by Gasteiger charge is -2.44. The second kappa shape index (κ2) is 12.1. The minimum absolute atomic E-state index is 0.0313. The van der Waals surface area contributed by atoms with E-state index in [9.17, 15) is 14.4 Å². The summed E-state index contributed by atoms with van der Waals surface area (Å²) < 4.78 is 0. The van der Waals surface area contributed by atoms with E-state index in [1.54, 1.807) is 6.92 Å². The molecule has 2 atom stereocenters. The van der Waals surface area contributed by atoms with Crippen molar-refractivity contribution in [3.8, 4) is 0 Å². The van der Waals surface area contributed by atoms with Crippen LogP contribution in [-0.4, -0.2) is 41.8 Å². The van der Waals surface area contributed by atoms with Crippen molar-refractivity contribution < 1.29 is 14.4 Å². The highest BCUT2D eigenvalue weighted by Gasteiger charge is 2.39. The lowest BCUT2D eigenvalue weighted by molar-refractivity contribution is -0.129. The smallest absolute Gasteiger partial charge is 0.258 e. The number of para-hydroxylation sites is 1. The number of rotatable bonds is 5. The van der Waals surface area contributed by atoms with Crippen LogP contribution in [0.5, 0.6) is 0 Å². The summed E-state index contributed by atoms with van der Waals surface area (Å²) in [4.78, 5) is 44.9. The number of benzene rings is 3. The number of carbonyl (C=O) groups excluding carboxylic acids is 3. The van der Waals surface area contributed by atoms with Gasteiger partial charge in [-0.2, -0.15) is 0 Å². The maximum atomic E-state index is 14.0. The van der Waals surface area contributed by atoms with Gasteiger partial charge in [-0.1, -0.05) is 55.8 Å². The topological polar surface area (TPSA) is 60.9 Å². The van der Waals surface area contributed by atoms with Crippen LogP contribution in [0.2, 0.25) is 5.02 Å². The first-order chi connectivity index (χ1) is 19.7. The number of hydrogen-bond acceptors (Lipinski definition) is 3. The molecule has 3 amide bonds. The zero-order valence-corrected chi connectivity index (χ0v) is 25.0. The molecule has 1 fully saturated rings. The SMILES string of the molecule is CC(=O)N1CCC(c2ccc(C(=O)N3c4ccccc4[C@@H](N(C(=O)C(C)C)c4ccc(Cl)cc4)C[C@H]3C)cc2)CC1. The highest BCUT2D eigenvalue weighted by Crippen LogP contribution is 2.43. The van der Waals surface area contributed by atoms with E-state index in [-0.39, 0.29) is 35.7 Å². The molecule has 3 aromatic rings. The van der Waals surface area contributed by atoms with Gasteiger partial charge in [0.2, 0.25) is 11.8 Å². The third-order valence-corrected chi connectivity index (χ3v) is 8.75. The van der Waals surface area contributed by atoms with Crippen molar-refractivity contribution in [2.75, 3.05) is 22.9 Å². The summed E-state index contributed by atoms with van der Waals surface area (Å²) in [5, 5.41) is 0.618. The molecule has 1 saturated heterocycles. The Morgan fingerprint density at radius 1 is 0.902 bits per heavy atom. The van der Waals surface area contributed by atoms with Gasteiger partial charge in [-0.3, -0.25) is 14.4 Å². The molecule has 0 bridgehead atoms. The highest BCUT2D eigenvalue weighted by molar-refractivity contribution is 6.30. The molecule has 2 heterocycles. The molecule has 0 unspecified atom stereocenters. The molecule has 0 spiro atoms. The van der Waals surface area contributed by atoms with Crippen LogP contribution in [0, 0.1) is 5.92 Å². The minimum atomic E-state index is -0.218. The second-order valence-corrected chi connectivity index (χ2v) is 12.0. The maximum absolute atomic E-state index is 14.0. The molecule has 0 aromatic heterocycles. The summed E-state index contributed by atoms with van der Waals surface area (Å²) >= 11 is 6.17. The highest BCUT2D eigenvalue weighted by atomic mass is 35.5. The van der Waals surface area contributed by atoms with Crippen molar-refractivity contribution in [3.05, 3.63) is 94.5 Å². The monoisotopic (exact) mass is 571 g/mol. The first-order valence-corrected chi connectivity index (χ1v) is 14.9. The van der Waals surface area contributed by atoms with Crippen LogP contribution >= 0.6 is 11.6 Å². The summed E-state index contributed by atoms with van der Waals surface area (Å²) in [5.41, 5.74) is 4.43. The first kappa shape index (κ1) is 28.9. The van der Waals surface area contributed by atoms with Crippen molar-refractivity contribution in [1.29, 1.82) is 0 Å². The average Bonchev–Trinajstić information content (AvgIpc) is 2.98. The fraction of sp³-hybridized carbons (Fsp3) is 0.382. The lowest BCUT2D eigenvalue weighted by atomic mass is 9.87. The third-order valence-electron chi connectivity index (χ3n) is 8.50. The van der Waals surface area contributed by atoms with Gasteiger partial charge >= 0.3 is 0 Å². The maximum Gasteiger partial charge on any atom is 0.258 e. The number of nitrogens with zero attached hydrogens (tertiary/aromatic N) is 3. The molecule has 5 rings (SSSR count). The first-order valence-electron chi connectivity index (χ1n) is 14.5. The number of anilines is 2. The molecule has 0 radical (unpaired) electrons. The standard InChI is InChI=1S/C34H38ClN3O3/c1-22(2)33(40)38(29-15-13-28(35)14-16-29)32-21-23(3)37(31-8-6-5-7-30(31)32)34(41)27-11-9-25(10-12-27)26-17-19-36(20-18-26)24(4)39/h5-16,22-23,26,32H,17-21H2,1-4H3/t23-,32+/m1/s1. The van der Waals surface area contributed by atoms with Gasteiger partial charge in [0, 0.05) is 53.9 Å². The number of piperidine rings is 1. The molecule has 41 heavy (non-hydrogen) atoms. The van der Waals surface area contributed by atoms with E-state index in [0.717, 1.165) is 42.9 Å². The van der Waals surface area contributed by atoms with Crippen molar-refractivity contribution in [1.82, 2.24) is 4.90 Å². The van der Waals surface area contributed by atoms with Gasteiger partial charge in [0.05, 0.1) is 6.04 Å². The van der Waals surface area contributed by atoms with Crippen molar-refractivity contribution in [3.63, 3.8) is 0 Å². The number of carbonyl (C=O) groups is 3. The molecule has 0 aliphatic carbocycles. The van der Waals surface area contributed by atoms with E-state index in [2.05, 4.69) is 19.1 Å². The molecule has 214 valence electrons. The number of hydrogen-bond donors (Lipinski definition) is 0. The quantitative estimate of drug-likeness (QED) is 0.324. The van der Waals surface area contributed by atoms with Crippen LogP contribution in [0.1, 0.15) is 80.4 Å². The minimum Gasteiger partial charge on any atom is -0.343 e. The summed E-state index contributed by atoms with van der Waals surface area (Å²) in [6.07, 6.45) is 2.48. The van der Waals surface area contributed by atoms with Crippen LogP contribution in [0.15, 0.2) is 72.8 Å². The van der Waals surface area contributed by atoms with Crippen LogP contribution in [0.3, 0.4) is 0 Å². The Morgan fingerprint density at radius 2 is 1.54 bits per heavy atom. The molecule has 0 saturated carbocycles. The molecular weight excluding hydrogens is 534 g/mol. The summed E-state index contributed by atoms with van der Waals surface area (Å²) in [6.45, 7) is 9.05. The second-order valence-electron chi connectivity index (χ2n) is 11.6. The van der Waals surface area contributed by atoms with Gasteiger partial charge in [-0.25, -0.2) is 0 Å². The number of likely N-dealkylation sites (tertiary alicyclic amines) is 1. The van der Waals surface area contributed by atoms with E-state index >= 15 is 0 Å². The Hall–Kier alpha value is -3.64. The van der Waals surface area contributed by atoms with E-state index < -0.39 is 0 Å².